The van der Waals surface area contributed by atoms with E-state index in [9.17, 15) is 13.2 Å². The molecule has 9 heteroatoms. The number of rotatable bonds is 5. The predicted molar refractivity (Wildman–Crippen MR) is 95.4 cm³/mol. The molecule has 1 aliphatic carbocycles. The Morgan fingerprint density at radius 3 is 2.56 bits per heavy atom. The SMILES string of the molecule is Cc1nn(C)c(C)c1NC(=O)c1ccc(Cl)c(S(=O)(=O)NC2CC2)c1. The smallest absolute Gasteiger partial charge is 0.255 e. The van der Waals surface area contributed by atoms with Crippen molar-refractivity contribution in [3.8, 4) is 0 Å². The van der Waals surface area contributed by atoms with Crippen molar-refractivity contribution in [1.82, 2.24) is 14.5 Å². The maximum absolute atomic E-state index is 12.5. The fraction of sp³-hybridized carbons (Fsp3) is 0.375. The van der Waals surface area contributed by atoms with Gasteiger partial charge >= 0.3 is 0 Å². The number of hydrogen-bond donors (Lipinski definition) is 2. The number of carbonyl (C=O) groups is 1. The van der Waals surface area contributed by atoms with Gasteiger partial charge in [-0.05, 0) is 44.9 Å². The van der Waals surface area contributed by atoms with Crippen molar-refractivity contribution in [2.24, 2.45) is 7.05 Å². The predicted octanol–water partition coefficient (Wildman–Crippen LogP) is 2.38. The van der Waals surface area contributed by atoms with Gasteiger partial charge in [0.1, 0.15) is 4.90 Å². The summed E-state index contributed by atoms with van der Waals surface area (Å²) >= 11 is 6.04. The molecular weight excluding hydrogens is 364 g/mol. The van der Waals surface area contributed by atoms with E-state index in [4.69, 9.17) is 11.6 Å². The van der Waals surface area contributed by atoms with Crippen LogP contribution >= 0.6 is 11.6 Å². The van der Waals surface area contributed by atoms with Gasteiger partial charge in [0.05, 0.1) is 22.1 Å². The topological polar surface area (TPSA) is 93.1 Å². The third-order valence-corrected chi connectivity index (χ3v) is 6.13. The Labute approximate surface area is 151 Å². The summed E-state index contributed by atoms with van der Waals surface area (Å²) in [6.07, 6.45) is 1.63. The number of aryl methyl sites for hydroxylation is 2. The molecule has 0 bridgehead atoms. The van der Waals surface area contributed by atoms with Crippen LogP contribution in [0.3, 0.4) is 0 Å². The second-order valence-electron chi connectivity index (χ2n) is 6.16. The lowest BCUT2D eigenvalue weighted by molar-refractivity contribution is 0.102. The zero-order chi connectivity index (χ0) is 18.4. The Morgan fingerprint density at radius 2 is 2.00 bits per heavy atom. The van der Waals surface area contributed by atoms with E-state index in [1.165, 1.54) is 18.2 Å². The standard InChI is InChI=1S/C16H19ClN4O3S/c1-9-15(10(2)21(3)19-9)18-16(22)11-4-7-13(17)14(8-11)25(23,24)20-12-5-6-12/h4,7-8,12,20H,5-6H2,1-3H3,(H,18,22). The lowest BCUT2D eigenvalue weighted by Crippen LogP contribution is -2.26. The number of sulfonamides is 1. The minimum atomic E-state index is -3.75. The molecule has 1 amide bonds. The summed E-state index contributed by atoms with van der Waals surface area (Å²) in [5.74, 6) is -0.418. The van der Waals surface area contributed by atoms with Crippen molar-refractivity contribution >= 4 is 33.2 Å². The molecular formula is C16H19ClN4O3S. The Bertz CT molecular complexity index is 949. The van der Waals surface area contributed by atoms with Crippen LogP contribution < -0.4 is 10.0 Å². The van der Waals surface area contributed by atoms with Crippen molar-refractivity contribution in [2.75, 3.05) is 5.32 Å². The van der Waals surface area contributed by atoms with Crippen LogP contribution in [0.15, 0.2) is 23.1 Å². The first-order valence-corrected chi connectivity index (χ1v) is 9.68. The number of halogens is 1. The average molecular weight is 383 g/mol. The summed E-state index contributed by atoms with van der Waals surface area (Å²) in [6.45, 7) is 3.63. The first kappa shape index (κ1) is 17.9. The lowest BCUT2D eigenvalue weighted by atomic mass is 10.2. The molecule has 1 heterocycles. The summed E-state index contributed by atoms with van der Waals surface area (Å²) in [5, 5.41) is 7.11. The summed E-state index contributed by atoms with van der Waals surface area (Å²) in [4.78, 5) is 12.5. The Hall–Kier alpha value is -1.90. The zero-order valence-electron chi connectivity index (χ0n) is 14.1. The molecule has 0 radical (unpaired) electrons. The highest BCUT2D eigenvalue weighted by molar-refractivity contribution is 7.89. The molecule has 25 heavy (non-hydrogen) atoms. The van der Waals surface area contributed by atoms with Crippen LogP contribution in [0.2, 0.25) is 5.02 Å². The largest absolute Gasteiger partial charge is 0.319 e. The molecule has 134 valence electrons. The molecule has 0 unspecified atom stereocenters. The van der Waals surface area contributed by atoms with Crippen molar-refractivity contribution in [3.63, 3.8) is 0 Å². The summed E-state index contributed by atoms with van der Waals surface area (Å²) < 4.78 is 29.1. The second kappa shape index (κ2) is 6.44. The number of carbonyl (C=O) groups excluding carboxylic acids is 1. The third-order valence-electron chi connectivity index (χ3n) is 4.13. The van der Waals surface area contributed by atoms with Gasteiger partial charge in [-0.25, -0.2) is 13.1 Å². The molecule has 0 spiro atoms. The summed E-state index contributed by atoms with van der Waals surface area (Å²) in [7, 11) is -1.96. The molecule has 1 aromatic carbocycles. The zero-order valence-corrected chi connectivity index (χ0v) is 15.7. The molecule has 7 nitrogen and oxygen atoms in total. The number of nitrogens with zero attached hydrogens (tertiary/aromatic N) is 2. The highest BCUT2D eigenvalue weighted by Gasteiger charge is 2.29. The van der Waals surface area contributed by atoms with Gasteiger partial charge in [0.15, 0.2) is 0 Å². The van der Waals surface area contributed by atoms with Gasteiger partial charge in [-0.2, -0.15) is 5.10 Å². The van der Waals surface area contributed by atoms with E-state index in [2.05, 4.69) is 15.1 Å². The number of anilines is 1. The van der Waals surface area contributed by atoms with E-state index in [0.29, 0.717) is 11.4 Å². The summed E-state index contributed by atoms with van der Waals surface area (Å²) in [5.41, 5.74) is 2.32. The fourth-order valence-corrected chi connectivity index (χ4v) is 4.31. The van der Waals surface area contributed by atoms with E-state index >= 15 is 0 Å². The molecule has 0 aliphatic heterocycles. The van der Waals surface area contributed by atoms with Gasteiger partial charge in [-0.15, -0.1) is 0 Å². The minimum absolute atomic E-state index is 0.0424. The van der Waals surface area contributed by atoms with Crippen LogP contribution in [-0.2, 0) is 17.1 Å². The van der Waals surface area contributed by atoms with Crippen LogP contribution in [0, 0.1) is 13.8 Å². The van der Waals surface area contributed by atoms with Gasteiger partial charge in [0, 0.05) is 18.7 Å². The molecule has 1 fully saturated rings. The Morgan fingerprint density at radius 1 is 1.32 bits per heavy atom. The van der Waals surface area contributed by atoms with Gasteiger partial charge in [0.2, 0.25) is 10.0 Å². The number of amides is 1. The molecule has 1 aliphatic rings. The number of aromatic nitrogens is 2. The molecule has 2 N–H and O–H groups in total. The van der Waals surface area contributed by atoms with E-state index in [-0.39, 0.29) is 21.5 Å². The fourth-order valence-electron chi connectivity index (χ4n) is 2.47. The van der Waals surface area contributed by atoms with Crippen LogP contribution in [0.5, 0.6) is 0 Å². The maximum Gasteiger partial charge on any atom is 0.255 e. The number of hydrogen-bond acceptors (Lipinski definition) is 4. The van der Waals surface area contributed by atoms with Gasteiger partial charge in [-0.3, -0.25) is 9.48 Å². The third kappa shape index (κ3) is 3.70. The van der Waals surface area contributed by atoms with Gasteiger partial charge in [0.25, 0.3) is 5.91 Å². The molecule has 1 saturated carbocycles. The first-order chi connectivity index (χ1) is 11.7. The summed E-state index contributed by atoms with van der Waals surface area (Å²) in [6, 6.07) is 4.17. The molecule has 3 rings (SSSR count). The van der Waals surface area contributed by atoms with Crippen molar-refractivity contribution in [1.29, 1.82) is 0 Å². The lowest BCUT2D eigenvalue weighted by Gasteiger charge is -2.10. The van der Waals surface area contributed by atoms with Crippen molar-refractivity contribution in [2.45, 2.75) is 37.6 Å². The van der Waals surface area contributed by atoms with Crippen molar-refractivity contribution < 1.29 is 13.2 Å². The van der Waals surface area contributed by atoms with E-state index < -0.39 is 15.9 Å². The van der Waals surface area contributed by atoms with E-state index in [1.807, 2.05) is 6.92 Å². The molecule has 0 saturated heterocycles. The van der Waals surface area contributed by atoms with Crippen LogP contribution in [0.1, 0.15) is 34.6 Å². The number of benzene rings is 1. The Kier molecular flexibility index (Phi) is 4.61. The first-order valence-electron chi connectivity index (χ1n) is 7.82. The van der Waals surface area contributed by atoms with Crippen LogP contribution in [0.25, 0.3) is 0 Å². The van der Waals surface area contributed by atoms with Crippen LogP contribution in [-0.4, -0.2) is 30.1 Å². The normalized spacial score (nSPS) is 14.6. The highest BCUT2D eigenvalue weighted by atomic mass is 35.5. The van der Waals surface area contributed by atoms with E-state index in [1.54, 1.807) is 18.7 Å². The Balaban J connectivity index is 1.89. The minimum Gasteiger partial charge on any atom is -0.319 e. The number of nitrogens with one attached hydrogen (secondary N) is 2. The molecule has 0 atom stereocenters. The van der Waals surface area contributed by atoms with Gasteiger partial charge < -0.3 is 5.32 Å². The molecule has 1 aromatic heterocycles. The molecule has 2 aromatic rings. The van der Waals surface area contributed by atoms with Gasteiger partial charge in [-0.1, -0.05) is 11.6 Å². The highest BCUT2D eigenvalue weighted by Crippen LogP contribution is 2.27. The van der Waals surface area contributed by atoms with E-state index in [0.717, 1.165) is 18.5 Å². The average Bonchev–Trinajstić information content (AvgIpc) is 3.30. The quantitative estimate of drug-likeness (QED) is 0.830. The monoisotopic (exact) mass is 382 g/mol. The van der Waals surface area contributed by atoms with Crippen molar-refractivity contribution in [3.05, 3.63) is 40.2 Å². The maximum atomic E-state index is 12.5. The van der Waals surface area contributed by atoms with Crippen LogP contribution in [0.4, 0.5) is 5.69 Å². The second-order valence-corrected chi connectivity index (χ2v) is 8.25.